The molecule has 0 aliphatic carbocycles. The van der Waals surface area contributed by atoms with Gasteiger partial charge in [0.2, 0.25) is 0 Å². The molecule has 0 spiro atoms. The number of hydrogen-bond donors (Lipinski definition) is 1. The van der Waals surface area contributed by atoms with Crippen molar-refractivity contribution in [2.24, 2.45) is 0 Å². The largest absolute Gasteiger partial charge is 0.545 e. The SMILES string of the molecule is O=C([O-])c1ccccc1N1CC[NH+](CCc2ccc(F)cc2)CC1. The Bertz CT molecular complexity index is 695. The van der Waals surface area contributed by atoms with Gasteiger partial charge in [0.05, 0.1) is 38.7 Å². The number of nitrogens with zero attached hydrogens (tertiary/aromatic N) is 1. The van der Waals surface area contributed by atoms with Gasteiger partial charge in [0, 0.05) is 17.7 Å². The lowest BCUT2D eigenvalue weighted by molar-refractivity contribution is -0.900. The molecule has 0 amide bonds. The molecule has 4 nitrogen and oxygen atoms in total. The topological polar surface area (TPSA) is 47.8 Å². The summed E-state index contributed by atoms with van der Waals surface area (Å²) in [5.74, 6) is -1.33. The fraction of sp³-hybridized carbons (Fsp3) is 0.316. The number of carboxylic acid groups (broad SMARTS) is 1. The minimum Gasteiger partial charge on any atom is -0.545 e. The molecule has 3 rings (SSSR count). The van der Waals surface area contributed by atoms with Gasteiger partial charge in [-0.25, -0.2) is 4.39 Å². The summed E-state index contributed by atoms with van der Waals surface area (Å²) in [6, 6.07) is 13.7. The first-order chi connectivity index (χ1) is 11.6. The lowest BCUT2D eigenvalue weighted by Gasteiger charge is -2.34. The van der Waals surface area contributed by atoms with Gasteiger partial charge in [-0.2, -0.15) is 0 Å². The van der Waals surface area contributed by atoms with Crippen LogP contribution in [0.15, 0.2) is 48.5 Å². The first-order valence-electron chi connectivity index (χ1n) is 8.27. The van der Waals surface area contributed by atoms with Gasteiger partial charge in [0.25, 0.3) is 0 Å². The van der Waals surface area contributed by atoms with E-state index in [2.05, 4.69) is 4.90 Å². The molecule has 1 saturated heterocycles. The molecule has 0 radical (unpaired) electrons. The number of anilines is 1. The number of hydrogen-bond acceptors (Lipinski definition) is 3. The molecule has 2 aromatic carbocycles. The van der Waals surface area contributed by atoms with Crippen LogP contribution in [0.4, 0.5) is 10.1 Å². The minimum atomic E-state index is -1.13. The molecule has 0 bridgehead atoms. The number of aromatic carboxylic acids is 1. The van der Waals surface area contributed by atoms with Crippen molar-refractivity contribution in [2.75, 3.05) is 37.6 Å². The van der Waals surface area contributed by atoms with E-state index in [1.165, 1.54) is 17.0 Å². The quantitative estimate of drug-likeness (QED) is 0.849. The molecular formula is C19H21FN2O2. The van der Waals surface area contributed by atoms with Gasteiger partial charge >= 0.3 is 0 Å². The van der Waals surface area contributed by atoms with Crippen LogP contribution in [0.3, 0.4) is 0 Å². The number of carbonyl (C=O) groups is 1. The molecular weight excluding hydrogens is 307 g/mol. The van der Waals surface area contributed by atoms with Crippen molar-refractivity contribution in [3.8, 4) is 0 Å². The highest BCUT2D eigenvalue weighted by Gasteiger charge is 2.21. The van der Waals surface area contributed by atoms with Crippen LogP contribution in [0, 0.1) is 5.82 Å². The molecule has 0 atom stereocenters. The summed E-state index contributed by atoms with van der Waals surface area (Å²) in [6.45, 7) is 4.57. The van der Waals surface area contributed by atoms with Crippen molar-refractivity contribution < 1.29 is 19.2 Å². The molecule has 0 aromatic heterocycles. The average Bonchev–Trinajstić information content (AvgIpc) is 2.62. The normalized spacial score (nSPS) is 15.5. The second-order valence-corrected chi connectivity index (χ2v) is 6.17. The molecule has 1 fully saturated rings. The van der Waals surface area contributed by atoms with Crippen molar-refractivity contribution >= 4 is 11.7 Å². The van der Waals surface area contributed by atoms with Crippen molar-refractivity contribution in [3.63, 3.8) is 0 Å². The molecule has 24 heavy (non-hydrogen) atoms. The summed E-state index contributed by atoms with van der Waals surface area (Å²) in [5, 5.41) is 11.2. The molecule has 1 aliphatic heterocycles. The number of benzene rings is 2. The number of carboxylic acids is 1. The van der Waals surface area contributed by atoms with Gasteiger partial charge < -0.3 is 19.7 Å². The second-order valence-electron chi connectivity index (χ2n) is 6.17. The standard InChI is InChI=1S/C19H21FN2O2/c20-16-7-5-15(6-8-16)9-10-21-11-13-22(14-12-21)18-4-2-1-3-17(18)19(23)24/h1-8H,9-14H2,(H,23,24). The second kappa shape index (κ2) is 7.45. The van der Waals surface area contributed by atoms with Crippen LogP contribution in [-0.4, -0.2) is 38.7 Å². The first-order valence-corrected chi connectivity index (χ1v) is 8.27. The summed E-state index contributed by atoms with van der Waals surface area (Å²) in [6.07, 6.45) is 0.922. The van der Waals surface area contributed by atoms with Crippen LogP contribution in [0.2, 0.25) is 0 Å². The number of halogens is 1. The van der Waals surface area contributed by atoms with Crippen molar-refractivity contribution in [3.05, 3.63) is 65.5 Å². The summed E-state index contributed by atoms with van der Waals surface area (Å²) in [5.41, 5.74) is 2.15. The Morgan fingerprint density at radius 3 is 2.42 bits per heavy atom. The molecule has 1 N–H and O–H groups in total. The summed E-state index contributed by atoms with van der Waals surface area (Å²) >= 11 is 0. The third kappa shape index (κ3) is 3.92. The molecule has 1 heterocycles. The molecule has 5 heteroatoms. The third-order valence-corrected chi connectivity index (χ3v) is 4.62. The zero-order valence-electron chi connectivity index (χ0n) is 13.5. The van der Waals surface area contributed by atoms with Crippen LogP contribution in [0.1, 0.15) is 15.9 Å². The maximum absolute atomic E-state index is 12.9. The Morgan fingerprint density at radius 2 is 1.75 bits per heavy atom. The van der Waals surface area contributed by atoms with Gasteiger partial charge in [-0.05, 0) is 23.8 Å². The van der Waals surface area contributed by atoms with Gasteiger partial charge in [0.1, 0.15) is 5.82 Å². The van der Waals surface area contributed by atoms with E-state index in [9.17, 15) is 14.3 Å². The predicted octanol–water partition coefficient (Wildman–Crippen LogP) is 0.137. The van der Waals surface area contributed by atoms with E-state index in [-0.39, 0.29) is 11.4 Å². The van der Waals surface area contributed by atoms with E-state index >= 15 is 0 Å². The molecule has 0 unspecified atom stereocenters. The maximum Gasteiger partial charge on any atom is 0.123 e. The number of nitrogens with one attached hydrogen (secondary N) is 1. The van der Waals surface area contributed by atoms with E-state index in [4.69, 9.17) is 0 Å². The van der Waals surface area contributed by atoms with Crippen LogP contribution in [0.5, 0.6) is 0 Å². The number of piperazine rings is 1. The fourth-order valence-electron chi connectivity index (χ4n) is 3.21. The van der Waals surface area contributed by atoms with Gasteiger partial charge in [-0.3, -0.25) is 0 Å². The monoisotopic (exact) mass is 328 g/mol. The third-order valence-electron chi connectivity index (χ3n) is 4.62. The number of rotatable bonds is 5. The highest BCUT2D eigenvalue weighted by atomic mass is 19.1. The maximum atomic E-state index is 12.9. The van der Waals surface area contributed by atoms with Crippen LogP contribution in [0.25, 0.3) is 0 Å². The minimum absolute atomic E-state index is 0.203. The fourth-order valence-corrected chi connectivity index (χ4v) is 3.21. The highest BCUT2D eigenvalue weighted by molar-refractivity contribution is 5.93. The smallest absolute Gasteiger partial charge is 0.123 e. The van der Waals surface area contributed by atoms with Gasteiger partial charge in [-0.1, -0.05) is 30.3 Å². The molecule has 1 aliphatic rings. The zero-order chi connectivity index (χ0) is 16.9. The van der Waals surface area contributed by atoms with E-state index in [0.29, 0.717) is 0 Å². The Morgan fingerprint density at radius 1 is 1.08 bits per heavy atom. The van der Waals surface area contributed by atoms with E-state index < -0.39 is 5.97 Å². The number of carbonyl (C=O) groups excluding carboxylic acids is 1. The molecule has 2 aromatic rings. The van der Waals surface area contributed by atoms with Crippen molar-refractivity contribution in [1.29, 1.82) is 0 Å². The van der Waals surface area contributed by atoms with E-state index in [1.807, 2.05) is 24.3 Å². The summed E-state index contributed by atoms with van der Waals surface area (Å²) in [7, 11) is 0. The molecule has 0 saturated carbocycles. The number of para-hydroxylation sites is 1. The lowest BCUT2D eigenvalue weighted by atomic mass is 10.1. The van der Waals surface area contributed by atoms with E-state index in [0.717, 1.165) is 50.4 Å². The number of quaternary nitrogens is 1. The van der Waals surface area contributed by atoms with Gasteiger partial charge in [0.15, 0.2) is 0 Å². The lowest BCUT2D eigenvalue weighted by Crippen LogP contribution is -3.15. The molecule has 126 valence electrons. The van der Waals surface area contributed by atoms with Crippen LogP contribution >= 0.6 is 0 Å². The summed E-state index contributed by atoms with van der Waals surface area (Å²) < 4.78 is 12.9. The van der Waals surface area contributed by atoms with Crippen molar-refractivity contribution in [1.82, 2.24) is 0 Å². The Balaban J connectivity index is 1.54. The van der Waals surface area contributed by atoms with E-state index in [1.54, 1.807) is 12.1 Å². The highest BCUT2D eigenvalue weighted by Crippen LogP contribution is 2.19. The zero-order valence-corrected chi connectivity index (χ0v) is 13.5. The Hall–Kier alpha value is -2.40. The Labute approximate surface area is 141 Å². The Kier molecular flexibility index (Phi) is 5.11. The summed E-state index contributed by atoms with van der Waals surface area (Å²) in [4.78, 5) is 14.8. The average molecular weight is 328 g/mol. The van der Waals surface area contributed by atoms with Crippen LogP contribution < -0.4 is 14.9 Å². The van der Waals surface area contributed by atoms with Crippen LogP contribution in [-0.2, 0) is 6.42 Å². The van der Waals surface area contributed by atoms with Crippen molar-refractivity contribution in [2.45, 2.75) is 6.42 Å². The predicted molar refractivity (Wildman–Crippen MR) is 88.7 cm³/mol. The van der Waals surface area contributed by atoms with Gasteiger partial charge in [-0.15, -0.1) is 0 Å². The first kappa shape index (κ1) is 16.5.